The maximum atomic E-state index is 14.0. The highest BCUT2D eigenvalue weighted by molar-refractivity contribution is 6.30. The van der Waals surface area contributed by atoms with Gasteiger partial charge in [0.15, 0.2) is 0 Å². The summed E-state index contributed by atoms with van der Waals surface area (Å²) in [6.45, 7) is 3.02. The van der Waals surface area contributed by atoms with Crippen LogP contribution in [0.1, 0.15) is 24.6 Å². The molecule has 1 heterocycles. The van der Waals surface area contributed by atoms with Crippen LogP contribution in [0.25, 0.3) is 0 Å². The van der Waals surface area contributed by atoms with Crippen LogP contribution in [0.15, 0.2) is 30.5 Å². The average molecular weight is 310 g/mol. The summed E-state index contributed by atoms with van der Waals surface area (Å²) in [6.07, 6.45) is 4.33. The quantitative estimate of drug-likeness (QED) is 0.850. The third-order valence-electron chi connectivity index (χ3n) is 3.41. The van der Waals surface area contributed by atoms with Crippen LogP contribution in [0.4, 0.5) is 4.39 Å². The summed E-state index contributed by atoms with van der Waals surface area (Å²) in [4.78, 5) is 0. The molecule has 3 nitrogen and oxygen atoms in total. The fraction of sp³-hybridized carbons (Fsp3) is 0.438. The van der Waals surface area contributed by atoms with Gasteiger partial charge in [-0.3, -0.25) is 4.68 Å². The standard InChI is InChI=1S/C16H21ClFN3/c1-3-8-19-14(11-13-7-9-21(2)20-13)10-12-5-4-6-15(17)16(12)18/h4-7,9,14,19H,3,8,10-11H2,1-2H3. The molecular weight excluding hydrogens is 289 g/mol. The van der Waals surface area contributed by atoms with Crippen LogP contribution in [0, 0.1) is 5.82 Å². The van der Waals surface area contributed by atoms with Gasteiger partial charge in [0, 0.05) is 25.7 Å². The first-order chi connectivity index (χ1) is 10.1. The Morgan fingerprint density at radius 2 is 2.14 bits per heavy atom. The van der Waals surface area contributed by atoms with E-state index in [4.69, 9.17) is 11.6 Å². The molecule has 2 aromatic rings. The summed E-state index contributed by atoms with van der Waals surface area (Å²) in [6, 6.07) is 7.30. The second kappa shape index (κ2) is 7.57. The number of nitrogens with one attached hydrogen (secondary N) is 1. The Bertz CT molecular complexity index is 583. The van der Waals surface area contributed by atoms with Crippen LogP contribution in [-0.4, -0.2) is 22.4 Å². The molecule has 5 heteroatoms. The van der Waals surface area contributed by atoms with E-state index in [0.29, 0.717) is 12.0 Å². The van der Waals surface area contributed by atoms with E-state index in [1.165, 1.54) is 0 Å². The highest BCUT2D eigenvalue weighted by atomic mass is 35.5. The Kier molecular flexibility index (Phi) is 5.76. The van der Waals surface area contributed by atoms with Crippen LogP contribution in [0.2, 0.25) is 5.02 Å². The molecule has 1 N–H and O–H groups in total. The molecule has 1 unspecified atom stereocenters. The van der Waals surface area contributed by atoms with Crippen molar-refractivity contribution in [3.63, 3.8) is 0 Å². The molecule has 0 aliphatic carbocycles. The summed E-state index contributed by atoms with van der Waals surface area (Å²) in [5.74, 6) is -0.316. The van der Waals surface area contributed by atoms with E-state index in [0.717, 1.165) is 25.1 Å². The van der Waals surface area contributed by atoms with Gasteiger partial charge in [-0.05, 0) is 37.1 Å². The van der Waals surface area contributed by atoms with Crippen LogP contribution in [0.5, 0.6) is 0 Å². The van der Waals surface area contributed by atoms with Gasteiger partial charge in [0.25, 0.3) is 0 Å². The van der Waals surface area contributed by atoms with E-state index in [2.05, 4.69) is 17.3 Å². The third kappa shape index (κ3) is 4.55. The van der Waals surface area contributed by atoms with Gasteiger partial charge >= 0.3 is 0 Å². The minimum Gasteiger partial charge on any atom is -0.313 e. The molecule has 0 aliphatic rings. The van der Waals surface area contributed by atoms with Crippen LogP contribution in [0.3, 0.4) is 0 Å². The third-order valence-corrected chi connectivity index (χ3v) is 3.70. The summed E-state index contributed by atoms with van der Waals surface area (Å²) >= 11 is 5.85. The maximum absolute atomic E-state index is 14.0. The molecule has 1 aromatic carbocycles. The van der Waals surface area contributed by atoms with Gasteiger partial charge < -0.3 is 5.32 Å². The predicted octanol–water partition coefficient (Wildman–Crippen LogP) is 3.37. The zero-order valence-corrected chi connectivity index (χ0v) is 13.2. The highest BCUT2D eigenvalue weighted by Gasteiger charge is 2.15. The number of halogens is 2. The molecule has 0 radical (unpaired) electrons. The molecule has 1 aromatic heterocycles. The first-order valence-corrected chi connectivity index (χ1v) is 7.62. The van der Waals surface area contributed by atoms with Crippen molar-refractivity contribution in [2.24, 2.45) is 7.05 Å². The summed E-state index contributed by atoms with van der Waals surface area (Å²) in [7, 11) is 1.90. The van der Waals surface area contributed by atoms with E-state index in [1.807, 2.05) is 19.3 Å². The average Bonchev–Trinajstić information content (AvgIpc) is 2.86. The smallest absolute Gasteiger partial charge is 0.145 e. The molecule has 1 atom stereocenters. The Hall–Kier alpha value is -1.39. The topological polar surface area (TPSA) is 29.9 Å². The molecule has 0 fully saturated rings. The van der Waals surface area contributed by atoms with Crippen molar-refractivity contribution < 1.29 is 4.39 Å². The summed E-state index contributed by atoms with van der Waals surface area (Å²) in [5.41, 5.74) is 1.65. The summed E-state index contributed by atoms with van der Waals surface area (Å²) < 4.78 is 15.8. The van der Waals surface area contributed by atoms with E-state index in [1.54, 1.807) is 22.9 Å². The van der Waals surface area contributed by atoms with Gasteiger partial charge in [-0.2, -0.15) is 5.10 Å². The zero-order chi connectivity index (χ0) is 15.2. The van der Waals surface area contributed by atoms with Gasteiger partial charge in [0.05, 0.1) is 10.7 Å². The number of hydrogen-bond donors (Lipinski definition) is 1. The van der Waals surface area contributed by atoms with Crippen molar-refractivity contribution >= 4 is 11.6 Å². The lowest BCUT2D eigenvalue weighted by Crippen LogP contribution is -2.34. The Balaban J connectivity index is 2.10. The molecule has 0 aliphatic heterocycles. The van der Waals surface area contributed by atoms with Crippen molar-refractivity contribution in [2.45, 2.75) is 32.2 Å². The van der Waals surface area contributed by atoms with Crippen LogP contribution in [-0.2, 0) is 19.9 Å². The molecule has 2 rings (SSSR count). The Labute approximate surface area is 130 Å². The lowest BCUT2D eigenvalue weighted by Gasteiger charge is -2.18. The molecule has 0 spiro atoms. The Morgan fingerprint density at radius 3 is 2.81 bits per heavy atom. The number of aryl methyl sites for hydroxylation is 1. The molecular formula is C16H21ClFN3. The second-order valence-corrected chi connectivity index (χ2v) is 5.66. The van der Waals surface area contributed by atoms with Crippen molar-refractivity contribution in [3.8, 4) is 0 Å². The lowest BCUT2D eigenvalue weighted by molar-refractivity contribution is 0.486. The van der Waals surface area contributed by atoms with Gasteiger partial charge in [0.2, 0.25) is 0 Å². The Morgan fingerprint density at radius 1 is 1.33 bits per heavy atom. The largest absolute Gasteiger partial charge is 0.313 e. The number of aromatic nitrogens is 2. The van der Waals surface area contributed by atoms with Crippen LogP contribution >= 0.6 is 11.6 Å². The number of hydrogen-bond acceptors (Lipinski definition) is 2. The zero-order valence-electron chi connectivity index (χ0n) is 12.4. The SMILES string of the molecule is CCCNC(Cc1ccn(C)n1)Cc1cccc(Cl)c1F. The fourth-order valence-electron chi connectivity index (χ4n) is 2.36. The molecule has 0 amide bonds. The number of nitrogens with zero attached hydrogens (tertiary/aromatic N) is 2. The molecule has 114 valence electrons. The van der Waals surface area contributed by atoms with Gasteiger partial charge in [-0.1, -0.05) is 30.7 Å². The minimum absolute atomic E-state index is 0.146. The predicted molar refractivity (Wildman–Crippen MR) is 84.1 cm³/mol. The van der Waals surface area contributed by atoms with Gasteiger partial charge in [0.1, 0.15) is 5.82 Å². The van der Waals surface area contributed by atoms with E-state index >= 15 is 0 Å². The van der Waals surface area contributed by atoms with Crippen molar-refractivity contribution in [1.82, 2.24) is 15.1 Å². The van der Waals surface area contributed by atoms with Crippen molar-refractivity contribution in [1.29, 1.82) is 0 Å². The van der Waals surface area contributed by atoms with E-state index < -0.39 is 0 Å². The first kappa shape index (κ1) is 16.0. The first-order valence-electron chi connectivity index (χ1n) is 7.25. The molecule has 0 saturated heterocycles. The fourth-order valence-corrected chi connectivity index (χ4v) is 2.56. The normalized spacial score (nSPS) is 12.6. The highest BCUT2D eigenvalue weighted by Crippen LogP contribution is 2.19. The lowest BCUT2D eigenvalue weighted by atomic mass is 10.0. The number of benzene rings is 1. The molecule has 0 saturated carbocycles. The minimum atomic E-state index is -0.316. The molecule has 21 heavy (non-hydrogen) atoms. The number of rotatable bonds is 7. The maximum Gasteiger partial charge on any atom is 0.145 e. The van der Waals surface area contributed by atoms with E-state index in [-0.39, 0.29) is 16.9 Å². The van der Waals surface area contributed by atoms with Gasteiger partial charge in [-0.25, -0.2) is 4.39 Å². The second-order valence-electron chi connectivity index (χ2n) is 5.25. The monoisotopic (exact) mass is 309 g/mol. The van der Waals surface area contributed by atoms with Gasteiger partial charge in [-0.15, -0.1) is 0 Å². The van der Waals surface area contributed by atoms with Crippen molar-refractivity contribution in [2.75, 3.05) is 6.54 Å². The van der Waals surface area contributed by atoms with Crippen molar-refractivity contribution in [3.05, 3.63) is 52.6 Å². The summed E-state index contributed by atoms with van der Waals surface area (Å²) in [5, 5.41) is 8.04. The van der Waals surface area contributed by atoms with Crippen LogP contribution < -0.4 is 5.32 Å². The molecule has 0 bridgehead atoms. The van der Waals surface area contributed by atoms with E-state index in [9.17, 15) is 4.39 Å².